The summed E-state index contributed by atoms with van der Waals surface area (Å²) in [4.78, 5) is 0. The summed E-state index contributed by atoms with van der Waals surface area (Å²) < 4.78 is 0. The first-order valence-corrected chi connectivity index (χ1v) is 14.8. The van der Waals surface area contributed by atoms with Crippen molar-refractivity contribution >= 4 is 43.1 Å². The summed E-state index contributed by atoms with van der Waals surface area (Å²) in [6.07, 6.45) is 0. The van der Waals surface area contributed by atoms with E-state index in [9.17, 15) is 20.4 Å². The van der Waals surface area contributed by atoms with Crippen molar-refractivity contribution in [1.29, 1.82) is 0 Å². The summed E-state index contributed by atoms with van der Waals surface area (Å²) in [5.74, 6) is 0.825. The van der Waals surface area contributed by atoms with Gasteiger partial charge in [-0.05, 0) is 90.6 Å². The van der Waals surface area contributed by atoms with Crippen molar-refractivity contribution < 1.29 is 233 Å². The first-order chi connectivity index (χ1) is 22.5. The van der Waals surface area contributed by atoms with Gasteiger partial charge >= 0.3 is 0 Å². The Labute approximate surface area is 472 Å². The van der Waals surface area contributed by atoms with Crippen LogP contribution in [0.1, 0.15) is 0 Å². The molecule has 0 aliphatic carbocycles. The molecule has 13 heteroatoms. The normalized spacial score (nSPS) is 8.98. The molecule has 0 heterocycles. The molecule has 0 saturated heterocycles. The minimum Gasteiger partial charge on any atom is -0.508 e. The predicted octanol–water partition coefficient (Wildman–Crippen LogP) is 8.54. The molecule has 0 spiro atoms. The van der Waals surface area contributed by atoms with Crippen molar-refractivity contribution in [3.63, 3.8) is 0 Å². The molecule has 0 aliphatic rings. The van der Waals surface area contributed by atoms with Gasteiger partial charge in [0, 0.05) is 214 Å². The third kappa shape index (κ3) is 14.3. The van der Waals surface area contributed by atoms with Crippen molar-refractivity contribution in [2.45, 2.75) is 0 Å². The summed E-state index contributed by atoms with van der Waals surface area (Å²) in [5.41, 5.74) is 3.19. The van der Waals surface area contributed by atoms with Crippen molar-refractivity contribution in [2.24, 2.45) is 0 Å². The molecule has 55 heavy (non-hydrogen) atoms. The van der Waals surface area contributed by atoms with Gasteiger partial charge in [-0.3, -0.25) is 0 Å². The number of rotatable bonds is 2. The Morgan fingerprint density at radius 3 is 0.927 bits per heavy atom. The number of fused-ring (bicyclic) bond motifs is 4. The molecule has 7 nitrogen and oxygen atoms in total. The third-order valence-electron chi connectivity index (χ3n) is 8.05. The van der Waals surface area contributed by atoms with Crippen molar-refractivity contribution in [1.82, 2.24) is 0 Å². The molecule has 9 N–H and O–H groups in total. The van der Waals surface area contributed by atoms with E-state index in [1.165, 1.54) is 0 Å². The summed E-state index contributed by atoms with van der Waals surface area (Å²) in [7, 11) is 1.00. The Balaban J connectivity index is -0.000000391. The molecule has 0 unspecified atom stereocenters. The van der Waals surface area contributed by atoms with Crippen LogP contribution >= 0.6 is 0 Å². The van der Waals surface area contributed by atoms with E-state index >= 15 is 0 Å². The Bertz CT molecular complexity index is 2210. The summed E-state index contributed by atoms with van der Waals surface area (Å²) in [6.45, 7) is 0. The van der Waals surface area contributed by atoms with Gasteiger partial charge in [0.05, 0.1) is 0 Å². The molecule has 0 amide bonds. The maximum Gasteiger partial charge on any atom is 0.124 e. The molecular weight excluding hydrogens is 1150 g/mol. The van der Waals surface area contributed by atoms with Crippen LogP contribution in [-0.2, 0) is 196 Å². The average molecular weight is 1190 g/mol. The zero-order chi connectivity index (χ0) is 32.2. The number of benzene rings is 8. The molecule has 0 fully saturated rings. The van der Waals surface area contributed by atoms with Crippen molar-refractivity contribution in [3.05, 3.63) is 153 Å². The van der Waals surface area contributed by atoms with Crippen molar-refractivity contribution in [3.8, 4) is 45.3 Å². The van der Waals surface area contributed by atoms with Crippen LogP contribution in [0.25, 0.3) is 65.3 Å². The summed E-state index contributed by atoms with van der Waals surface area (Å²) in [5, 5.41) is 55.9. The molecule has 8 aromatic rings. The van der Waals surface area contributed by atoms with Crippen LogP contribution in [0.5, 0.6) is 23.0 Å². The Hall–Kier alpha value is 0.503. The number of aliphatic hydroxyl groups excluding tert-OH is 1. The fourth-order valence-electron chi connectivity index (χ4n) is 6.09. The smallest absolute Gasteiger partial charge is 0.124 e. The maximum absolute atomic E-state index is 10.4. The molecule has 0 saturated carbocycles. The number of phenolic OH excluding ortho intramolecular Hbond substituents is 4. The number of aliphatic hydroxyl groups is 1. The van der Waals surface area contributed by atoms with E-state index in [1.807, 2.05) is 109 Å². The van der Waals surface area contributed by atoms with Gasteiger partial charge in [0.1, 0.15) is 23.0 Å². The number of phenols is 4. The molecule has 6 radical (unpaired) electrons. The van der Waals surface area contributed by atoms with E-state index < -0.39 is 0 Å². The van der Waals surface area contributed by atoms with Gasteiger partial charge < -0.3 is 43.9 Å². The van der Waals surface area contributed by atoms with Gasteiger partial charge in [-0.2, -0.15) is 0 Å². The second-order valence-electron chi connectivity index (χ2n) is 10.8. The summed E-state index contributed by atoms with van der Waals surface area (Å²) in [6, 6.07) is 45.7. The number of hydrogen-bond donors (Lipinski definition) is 5. The Kier molecular flexibility index (Phi) is 33.5. The van der Waals surface area contributed by atoms with E-state index in [0.29, 0.717) is 0 Å². The monoisotopic (exact) mass is 1190 g/mol. The topological polar surface area (TPSA) is 164 Å². The fraction of sp³-hybridized carbons (Fsp3) is 0.0238. The van der Waals surface area contributed by atoms with Crippen LogP contribution in [0.15, 0.2) is 146 Å². The molecule has 8 rings (SSSR count). The van der Waals surface area contributed by atoms with Crippen LogP contribution in [0.2, 0.25) is 0 Å². The first-order valence-electron chi connectivity index (χ1n) is 14.8. The largest absolute Gasteiger partial charge is 0.508 e. The predicted molar refractivity (Wildman–Crippen MR) is 202 cm³/mol. The second-order valence-corrected chi connectivity index (χ2v) is 10.8. The molecular formula is C42H39O7Y6-. The Morgan fingerprint density at radius 2 is 0.600 bits per heavy atom. The van der Waals surface area contributed by atoms with Gasteiger partial charge in [-0.25, -0.2) is 0 Å². The Morgan fingerprint density at radius 1 is 0.327 bits per heavy atom. The maximum atomic E-state index is 10.4. The minimum absolute atomic E-state index is 0. The van der Waals surface area contributed by atoms with E-state index in [0.717, 1.165) is 72.5 Å². The van der Waals surface area contributed by atoms with E-state index in [2.05, 4.69) is 0 Å². The van der Waals surface area contributed by atoms with Gasteiger partial charge in [-0.1, -0.05) is 109 Å². The number of aromatic hydroxyl groups is 4. The standard InChI is InChI=1S/2C20H14O2.CH4O.CH3.2H2O.6Y/c2*21-15-11-14-6-2-3-7-16(14)18(12-15)20-17-8-4-1-5-13(17)9-10-19(20)22;1-2;;;;;;;;;/h2*1-12,21-22H;2H,1H3;1H3;2*1H2;;;;;;/q;;;-1;;;;;;;;. The molecule has 8 aromatic carbocycles. The number of hydrogen-bond acceptors (Lipinski definition) is 5. The van der Waals surface area contributed by atoms with Gasteiger partial charge in [0.25, 0.3) is 0 Å². The fourth-order valence-corrected chi connectivity index (χ4v) is 6.09. The van der Waals surface area contributed by atoms with Gasteiger partial charge in [0.2, 0.25) is 0 Å². The molecule has 0 aliphatic heterocycles. The van der Waals surface area contributed by atoms with Crippen LogP contribution < -0.4 is 0 Å². The molecule has 0 bridgehead atoms. The van der Waals surface area contributed by atoms with Gasteiger partial charge in [0.15, 0.2) is 0 Å². The van der Waals surface area contributed by atoms with Crippen LogP contribution in [0, 0.1) is 7.43 Å². The van der Waals surface area contributed by atoms with E-state index in [1.54, 1.807) is 36.4 Å². The second kappa shape index (κ2) is 29.7. The van der Waals surface area contributed by atoms with E-state index in [4.69, 9.17) is 5.11 Å². The van der Waals surface area contributed by atoms with E-state index in [-0.39, 0.29) is 238 Å². The van der Waals surface area contributed by atoms with Crippen LogP contribution in [-0.4, -0.2) is 43.6 Å². The first kappa shape index (κ1) is 62.2. The van der Waals surface area contributed by atoms with Crippen LogP contribution in [0.3, 0.4) is 0 Å². The average Bonchev–Trinajstić information content (AvgIpc) is 3.09. The summed E-state index contributed by atoms with van der Waals surface area (Å²) >= 11 is 0. The zero-order valence-corrected chi connectivity index (χ0v) is 47.6. The quantitative estimate of drug-likeness (QED) is 0.109. The molecule has 0 aromatic heterocycles. The minimum atomic E-state index is 0. The molecule has 268 valence electrons. The van der Waals surface area contributed by atoms with Gasteiger partial charge in [-0.15, -0.1) is 0 Å². The SMILES string of the molecule is CO.O.O.Oc1cc(-c2c(O)ccc3ccccc23)c2ccccc2c1.Oc1cc(-c2c(O)ccc3ccccc23)c2ccccc2c1.[CH3-].[Y].[Y].[Y].[Y].[Y].[Y]. The third-order valence-corrected chi connectivity index (χ3v) is 8.05. The van der Waals surface area contributed by atoms with Crippen LogP contribution in [0.4, 0.5) is 0 Å². The zero-order valence-electron chi connectivity index (χ0n) is 30.6. The molecule has 0 atom stereocenters. The van der Waals surface area contributed by atoms with Crippen molar-refractivity contribution in [2.75, 3.05) is 7.11 Å².